The number of thioether (sulfide) groups is 1. The van der Waals surface area contributed by atoms with E-state index in [-0.39, 0.29) is 6.54 Å². The van der Waals surface area contributed by atoms with Crippen LogP contribution in [0.15, 0.2) is 53.4 Å². The first kappa shape index (κ1) is 19.6. The lowest BCUT2D eigenvalue weighted by Crippen LogP contribution is -2.40. The summed E-state index contributed by atoms with van der Waals surface area (Å²) in [6.45, 7) is 2.17. The number of alkyl halides is 3. The molecule has 0 aliphatic carbocycles. The molecule has 3 nitrogen and oxygen atoms in total. The monoisotopic (exact) mass is 395 g/mol. The van der Waals surface area contributed by atoms with Gasteiger partial charge in [0, 0.05) is 17.0 Å². The number of halogens is 3. The molecule has 7 heteroatoms. The first-order valence-corrected chi connectivity index (χ1v) is 9.76. The molecule has 0 radical (unpaired) electrons. The van der Waals surface area contributed by atoms with Crippen LogP contribution in [0.4, 0.5) is 13.2 Å². The van der Waals surface area contributed by atoms with Gasteiger partial charge in [-0.25, -0.2) is 0 Å². The molecule has 1 atom stereocenters. The molecule has 0 spiro atoms. The Labute approximate surface area is 160 Å². The Morgan fingerprint density at radius 2 is 1.89 bits per heavy atom. The Bertz CT molecular complexity index is 793. The number of para-hydroxylation sites is 1. The number of hydrogen-bond donors (Lipinski definition) is 0. The summed E-state index contributed by atoms with van der Waals surface area (Å²) in [4.78, 5) is 13.8. The lowest BCUT2D eigenvalue weighted by molar-refractivity contribution is -0.186. The van der Waals surface area contributed by atoms with Gasteiger partial charge in [0.25, 0.3) is 0 Å². The summed E-state index contributed by atoms with van der Waals surface area (Å²) in [6, 6.07) is 13.9. The molecule has 0 N–H and O–H groups in total. The highest BCUT2D eigenvalue weighted by Crippen LogP contribution is 2.40. The number of nitrogens with zero attached hydrogens (tertiary/aromatic N) is 1. The van der Waals surface area contributed by atoms with Gasteiger partial charge in [0.1, 0.15) is 11.5 Å². The standard InChI is InChI=1S/C20H20F3NO2S/c1-2-27-15-11-9-14(10-12-15)26-18-8-4-3-6-16(18)17-7-5-13-24(17)19(25)20(21,22)23/h3-4,6,8-12,17H,2,5,7,13H2,1H3. The smallest absolute Gasteiger partial charge is 0.457 e. The number of carbonyl (C=O) groups excluding carboxylic acids is 1. The lowest BCUT2D eigenvalue weighted by atomic mass is 10.0. The molecule has 1 saturated heterocycles. The molecule has 144 valence electrons. The predicted octanol–water partition coefficient (Wildman–Crippen LogP) is 5.82. The van der Waals surface area contributed by atoms with E-state index in [2.05, 4.69) is 6.92 Å². The van der Waals surface area contributed by atoms with Gasteiger partial charge in [-0.2, -0.15) is 13.2 Å². The minimum absolute atomic E-state index is 0.0975. The fourth-order valence-electron chi connectivity index (χ4n) is 3.24. The fourth-order valence-corrected chi connectivity index (χ4v) is 3.90. The van der Waals surface area contributed by atoms with Crippen LogP contribution in [-0.2, 0) is 4.79 Å². The third-order valence-corrected chi connectivity index (χ3v) is 5.29. The largest absolute Gasteiger partial charge is 0.471 e. The number of benzene rings is 2. The Kier molecular flexibility index (Phi) is 5.99. The Morgan fingerprint density at radius 1 is 1.19 bits per heavy atom. The summed E-state index contributed by atoms with van der Waals surface area (Å²) in [6.07, 6.45) is -3.86. The zero-order valence-electron chi connectivity index (χ0n) is 14.8. The molecule has 1 fully saturated rings. The van der Waals surface area contributed by atoms with Crippen molar-refractivity contribution in [2.75, 3.05) is 12.3 Å². The van der Waals surface area contributed by atoms with Crippen molar-refractivity contribution in [2.24, 2.45) is 0 Å². The average molecular weight is 395 g/mol. The van der Waals surface area contributed by atoms with Gasteiger partial charge in [-0.15, -0.1) is 11.8 Å². The summed E-state index contributed by atoms with van der Waals surface area (Å²) in [7, 11) is 0. The molecule has 1 aliphatic heterocycles. The van der Waals surface area contributed by atoms with Gasteiger partial charge in [0.05, 0.1) is 6.04 Å². The van der Waals surface area contributed by atoms with E-state index in [1.807, 2.05) is 24.3 Å². The van der Waals surface area contributed by atoms with Gasteiger partial charge in [-0.3, -0.25) is 4.79 Å². The molecule has 1 aliphatic rings. The number of carbonyl (C=O) groups is 1. The van der Waals surface area contributed by atoms with Crippen LogP contribution in [0.2, 0.25) is 0 Å². The topological polar surface area (TPSA) is 29.5 Å². The van der Waals surface area contributed by atoms with E-state index in [1.165, 1.54) is 0 Å². The molecule has 1 unspecified atom stereocenters. The van der Waals surface area contributed by atoms with Crippen molar-refractivity contribution in [2.45, 2.75) is 36.9 Å². The van der Waals surface area contributed by atoms with Crippen molar-refractivity contribution in [3.05, 3.63) is 54.1 Å². The van der Waals surface area contributed by atoms with Crippen LogP contribution in [0.25, 0.3) is 0 Å². The normalized spacial score (nSPS) is 17.2. The van der Waals surface area contributed by atoms with Crippen LogP contribution in [0.1, 0.15) is 31.4 Å². The second kappa shape index (κ2) is 8.25. The molecule has 2 aromatic rings. The maximum absolute atomic E-state index is 12.9. The van der Waals surface area contributed by atoms with E-state index in [1.54, 1.807) is 36.0 Å². The van der Waals surface area contributed by atoms with E-state index in [9.17, 15) is 18.0 Å². The molecule has 2 aromatic carbocycles. The van der Waals surface area contributed by atoms with E-state index in [4.69, 9.17) is 4.74 Å². The van der Waals surface area contributed by atoms with E-state index >= 15 is 0 Å². The molecular formula is C20H20F3NO2S. The second-order valence-electron chi connectivity index (χ2n) is 6.20. The predicted molar refractivity (Wildman–Crippen MR) is 99.1 cm³/mol. The third kappa shape index (κ3) is 4.58. The maximum atomic E-state index is 12.9. The number of hydrogen-bond acceptors (Lipinski definition) is 3. The first-order chi connectivity index (χ1) is 12.9. The summed E-state index contributed by atoms with van der Waals surface area (Å²) >= 11 is 1.71. The molecule has 0 aromatic heterocycles. The van der Waals surface area contributed by atoms with Gasteiger partial charge in [-0.05, 0) is 48.9 Å². The molecule has 27 heavy (non-hydrogen) atoms. The average Bonchev–Trinajstić information content (AvgIpc) is 3.12. The van der Waals surface area contributed by atoms with E-state index in [0.29, 0.717) is 29.9 Å². The van der Waals surface area contributed by atoms with Crippen molar-refractivity contribution in [3.8, 4) is 11.5 Å². The summed E-state index contributed by atoms with van der Waals surface area (Å²) in [5.41, 5.74) is 0.597. The summed E-state index contributed by atoms with van der Waals surface area (Å²) in [5, 5.41) is 0. The Morgan fingerprint density at radius 3 is 2.56 bits per heavy atom. The fraction of sp³-hybridized carbons (Fsp3) is 0.350. The highest BCUT2D eigenvalue weighted by atomic mass is 32.2. The van der Waals surface area contributed by atoms with Crippen molar-refractivity contribution in [1.29, 1.82) is 0 Å². The second-order valence-corrected chi connectivity index (χ2v) is 7.54. The minimum Gasteiger partial charge on any atom is -0.457 e. The SMILES string of the molecule is CCSc1ccc(Oc2ccccc2C2CCCN2C(=O)C(F)(F)F)cc1. The van der Waals surface area contributed by atoms with Crippen LogP contribution >= 0.6 is 11.8 Å². The third-order valence-electron chi connectivity index (χ3n) is 4.40. The number of likely N-dealkylation sites (tertiary alicyclic amines) is 1. The minimum atomic E-state index is -4.87. The zero-order valence-corrected chi connectivity index (χ0v) is 15.6. The van der Waals surface area contributed by atoms with Crippen LogP contribution in [0, 0.1) is 0 Å². The van der Waals surface area contributed by atoms with Gasteiger partial charge < -0.3 is 9.64 Å². The summed E-state index contributed by atoms with van der Waals surface area (Å²) in [5.74, 6) is 0.254. The molecular weight excluding hydrogens is 375 g/mol. The Balaban J connectivity index is 1.84. The van der Waals surface area contributed by atoms with Crippen molar-refractivity contribution in [1.82, 2.24) is 4.90 Å². The van der Waals surface area contributed by atoms with E-state index in [0.717, 1.165) is 15.5 Å². The maximum Gasteiger partial charge on any atom is 0.471 e. The molecule has 0 bridgehead atoms. The molecule has 1 heterocycles. The van der Waals surface area contributed by atoms with Crippen LogP contribution < -0.4 is 4.74 Å². The molecule has 0 saturated carbocycles. The van der Waals surface area contributed by atoms with Crippen LogP contribution in [0.3, 0.4) is 0 Å². The molecule has 3 rings (SSSR count). The van der Waals surface area contributed by atoms with Gasteiger partial charge in [0.15, 0.2) is 0 Å². The highest BCUT2D eigenvalue weighted by molar-refractivity contribution is 7.99. The number of ether oxygens (including phenoxy) is 1. The quantitative estimate of drug-likeness (QED) is 0.598. The Hall–Kier alpha value is -2.15. The number of rotatable bonds is 5. The van der Waals surface area contributed by atoms with E-state index < -0.39 is 18.1 Å². The zero-order chi connectivity index (χ0) is 19.4. The van der Waals surface area contributed by atoms with Crippen LogP contribution in [-0.4, -0.2) is 29.3 Å². The van der Waals surface area contributed by atoms with Gasteiger partial charge in [-0.1, -0.05) is 25.1 Å². The molecule has 1 amide bonds. The lowest BCUT2D eigenvalue weighted by Gasteiger charge is -2.27. The van der Waals surface area contributed by atoms with Crippen LogP contribution in [0.5, 0.6) is 11.5 Å². The number of amides is 1. The highest BCUT2D eigenvalue weighted by Gasteiger charge is 2.46. The summed E-state index contributed by atoms with van der Waals surface area (Å²) < 4.78 is 44.7. The first-order valence-electron chi connectivity index (χ1n) is 8.77. The van der Waals surface area contributed by atoms with Crippen molar-refractivity contribution in [3.63, 3.8) is 0 Å². The van der Waals surface area contributed by atoms with Gasteiger partial charge >= 0.3 is 12.1 Å². The van der Waals surface area contributed by atoms with Gasteiger partial charge in [0.2, 0.25) is 0 Å². The van der Waals surface area contributed by atoms with Crippen molar-refractivity contribution < 1.29 is 22.7 Å². The van der Waals surface area contributed by atoms with Crippen molar-refractivity contribution >= 4 is 17.7 Å².